The average Bonchev–Trinajstić information content (AvgIpc) is 2.96. The van der Waals surface area contributed by atoms with E-state index in [1.54, 1.807) is 0 Å². The lowest BCUT2D eigenvalue weighted by molar-refractivity contribution is -0.137. The summed E-state index contributed by atoms with van der Waals surface area (Å²) in [5.41, 5.74) is -0.882. The molecule has 1 nitrogen and oxygen atoms in total. The fourth-order valence-corrected chi connectivity index (χ4v) is 1.92. The topological polar surface area (TPSA) is 23.8 Å². The molecule has 1 aromatic rings. The molecule has 0 radical (unpaired) electrons. The standard InChI is InChI=1S/C11H7ClF3N/c12-9-5-7(10(6-16)3-4-10)1-2-8(9)11(13,14)15/h1-2,5H,3-4H2. The molecule has 1 aliphatic rings. The summed E-state index contributed by atoms with van der Waals surface area (Å²) in [6.07, 6.45) is -3.07. The van der Waals surface area contributed by atoms with Crippen molar-refractivity contribution in [2.45, 2.75) is 24.4 Å². The summed E-state index contributed by atoms with van der Waals surface area (Å²) in [5.74, 6) is 0. The van der Waals surface area contributed by atoms with Gasteiger partial charge in [0.05, 0.1) is 22.1 Å². The molecule has 0 saturated heterocycles. The summed E-state index contributed by atoms with van der Waals surface area (Å²) in [6, 6.07) is 5.64. The normalized spacial score (nSPS) is 17.9. The Kier molecular flexibility index (Phi) is 2.39. The molecule has 1 aromatic carbocycles. The van der Waals surface area contributed by atoms with Crippen LogP contribution in [0.4, 0.5) is 13.2 Å². The van der Waals surface area contributed by atoms with Crippen LogP contribution in [0.5, 0.6) is 0 Å². The number of alkyl halides is 3. The third-order valence-electron chi connectivity index (χ3n) is 2.79. The molecule has 0 spiro atoms. The monoisotopic (exact) mass is 245 g/mol. The van der Waals surface area contributed by atoms with Crippen molar-refractivity contribution in [3.8, 4) is 6.07 Å². The maximum absolute atomic E-state index is 12.4. The molecule has 5 heteroatoms. The van der Waals surface area contributed by atoms with E-state index in [9.17, 15) is 13.2 Å². The number of halogens is 4. The summed E-state index contributed by atoms with van der Waals surface area (Å²) in [6.45, 7) is 0. The zero-order valence-corrected chi connectivity index (χ0v) is 8.86. The first-order valence-corrected chi connectivity index (χ1v) is 5.05. The van der Waals surface area contributed by atoms with E-state index in [0.29, 0.717) is 18.4 Å². The average molecular weight is 246 g/mol. The minimum atomic E-state index is -4.45. The molecular formula is C11H7ClF3N. The van der Waals surface area contributed by atoms with Crippen molar-refractivity contribution in [2.24, 2.45) is 0 Å². The molecule has 0 heterocycles. The van der Waals surface area contributed by atoms with Crippen LogP contribution in [0.3, 0.4) is 0 Å². The lowest BCUT2D eigenvalue weighted by Crippen LogP contribution is -2.08. The van der Waals surface area contributed by atoms with Gasteiger partial charge in [0, 0.05) is 0 Å². The zero-order valence-electron chi connectivity index (χ0n) is 8.11. The number of nitrogens with zero attached hydrogens (tertiary/aromatic N) is 1. The fourth-order valence-electron chi connectivity index (χ4n) is 1.63. The molecule has 1 fully saturated rings. The maximum atomic E-state index is 12.4. The Hall–Kier alpha value is -1.21. The maximum Gasteiger partial charge on any atom is 0.417 e. The highest BCUT2D eigenvalue weighted by Crippen LogP contribution is 2.49. The summed E-state index contributed by atoms with van der Waals surface area (Å²) >= 11 is 5.58. The molecule has 0 aromatic heterocycles. The predicted octanol–water partition coefficient (Wildman–Crippen LogP) is 3.91. The number of nitriles is 1. The first-order chi connectivity index (χ1) is 7.39. The van der Waals surface area contributed by atoms with Crippen LogP contribution in [-0.4, -0.2) is 0 Å². The highest BCUT2D eigenvalue weighted by molar-refractivity contribution is 6.31. The van der Waals surface area contributed by atoms with E-state index in [1.807, 2.05) is 0 Å². The third kappa shape index (κ3) is 1.76. The molecule has 2 rings (SSSR count). The quantitative estimate of drug-likeness (QED) is 0.736. The molecular weight excluding hydrogens is 239 g/mol. The molecule has 0 N–H and O–H groups in total. The van der Waals surface area contributed by atoms with Gasteiger partial charge in [-0.25, -0.2) is 0 Å². The Morgan fingerprint density at radius 1 is 1.31 bits per heavy atom. The summed E-state index contributed by atoms with van der Waals surface area (Å²) < 4.78 is 37.3. The minimum Gasteiger partial charge on any atom is -0.197 e. The first-order valence-electron chi connectivity index (χ1n) is 4.67. The van der Waals surface area contributed by atoms with Gasteiger partial charge in [-0.2, -0.15) is 18.4 Å². The van der Waals surface area contributed by atoms with Crippen molar-refractivity contribution in [2.75, 3.05) is 0 Å². The Morgan fingerprint density at radius 3 is 2.31 bits per heavy atom. The number of benzene rings is 1. The molecule has 0 unspecified atom stereocenters. The van der Waals surface area contributed by atoms with Gasteiger partial charge in [0.15, 0.2) is 0 Å². The van der Waals surface area contributed by atoms with Crippen molar-refractivity contribution in [3.05, 3.63) is 34.3 Å². The Morgan fingerprint density at radius 2 is 1.94 bits per heavy atom. The van der Waals surface area contributed by atoms with Crippen molar-refractivity contribution in [1.82, 2.24) is 0 Å². The van der Waals surface area contributed by atoms with E-state index in [1.165, 1.54) is 12.1 Å². The highest BCUT2D eigenvalue weighted by atomic mass is 35.5. The van der Waals surface area contributed by atoms with Gasteiger partial charge in [-0.3, -0.25) is 0 Å². The SMILES string of the molecule is N#CC1(c2ccc(C(F)(F)F)c(Cl)c2)CC1. The second-order valence-corrected chi connectivity index (χ2v) is 4.29. The largest absolute Gasteiger partial charge is 0.417 e. The molecule has 0 aliphatic heterocycles. The van der Waals surface area contributed by atoms with Crippen molar-refractivity contribution < 1.29 is 13.2 Å². The van der Waals surface area contributed by atoms with Crippen LogP contribution in [0.15, 0.2) is 18.2 Å². The van der Waals surface area contributed by atoms with Crippen LogP contribution >= 0.6 is 11.6 Å². The molecule has 0 amide bonds. The van der Waals surface area contributed by atoms with E-state index in [4.69, 9.17) is 16.9 Å². The second kappa shape index (κ2) is 3.39. The molecule has 0 atom stereocenters. The van der Waals surface area contributed by atoms with E-state index in [2.05, 4.69) is 6.07 Å². The summed E-state index contributed by atoms with van der Waals surface area (Å²) in [5, 5.41) is 8.57. The fraction of sp³-hybridized carbons (Fsp3) is 0.364. The predicted molar refractivity (Wildman–Crippen MR) is 53.0 cm³/mol. The van der Waals surface area contributed by atoms with Gasteiger partial charge in [-0.05, 0) is 30.5 Å². The minimum absolute atomic E-state index is 0.341. The van der Waals surface area contributed by atoms with Crippen LogP contribution in [-0.2, 0) is 11.6 Å². The molecule has 0 bridgehead atoms. The summed E-state index contributed by atoms with van der Waals surface area (Å²) in [7, 11) is 0. The highest BCUT2D eigenvalue weighted by Gasteiger charge is 2.45. The Balaban J connectivity index is 2.42. The molecule has 1 aliphatic carbocycles. The van der Waals surface area contributed by atoms with E-state index in [0.717, 1.165) is 6.07 Å². The van der Waals surface area contributed by atoms with Gasteiger partial charge in [0.1, 0.15) is 0 Å². The molecule has 1 saturated carbocycles. The Bertz CT molecular complexity index is 469. The number of hydrogen-bond acceptors (Lipinski definition) is 1. The van der Waals surface area contributed by atoms with Gasteiger partial charge in [-0.1, -0.05) is 17.7 Å². The lowest BCUT2D eigenvalue weighted by Gasteiger charge is -2.12. The third-order valence-corrected chi connectivity index (χ3v) is 3.10. The van der Waals surface area contributed by atoms with Gasteiger partial charge < -0.3 is 0 Å². The van der Waals surface area contributed by atoms with Gasteiger partial charge >= 0.3 is 6.18 Å². The van der Waals surface area contributed by atoms with E-state index in [-0.39, 0.29) is 5.02 Å². The van der Waals surface area contributed by atoms with Crippen LogP contribution in [0.1, 0.15) is 24.0 Å². The van der Waals surface area contributed by atoms with Crippen molar-refractivity contribution in [1.29, 1.82) is 5.26 Å². The van der Waals surface area contributed by atoms with Crippen LogP contribution in [0.25, 0.3) is 0 Å². The smallest absolute Gasteiger partial charge is 0.197 e. The lowest BCUT2D eigenvalue weighted by atomic mass is 9.96. The zero-order chi connectivity index (χ0) is 12.0. The van der Waals surface area contributed by atoms with Crippen LogP contribution in [0.2, 0.25) is 5.02 Å². The van der Waals surface area contributed by atoms with E-state index < -0.39 is 17.2 Å². The van der Waals surface area contributed by atoms with Crippen molar-refractivity contribution >= 4 is 11.6 Å². The van der Waals surface area contributed by atoms with Gasteiger partial charge in [0.2, 0.25) is 0 Å². The van der Waals surface area contributed by atoms with Gasteiger partial charge in [0.25, 0.3) is 0 Å². The second-order valence-electron chi connectivity index (χ2n) is 3.89. The van der Waals surface area contributed by atoms with Crippen molar-refractivity contribution in [3.63, 3.8) is 0 Å². The summed E-state index contributed by atoms with van der Waals surface area (Å²) in [4.78, 5) is 0. The van der Waals surface area contributed by atoms with Crippen LogP contribution in [0, 0.1) is 11.3 Å². The van der Waals surface area contributed by atoms with Gasteiger partial charge in [-0.15, -0.1) is 0 Å². The molecule has 84 valence electrons. The van der Waals surface area contributed by atoms with Crippen LogP contribution < -0.4 is 0 Å². The van der Waals surface area contributed by atoms with E-state index >= 15 is 0 Å². The number of rotatable bonds is 1. The molecule has 16 heavy (non-hydrogen) atoms. The number of hydrogen-bond donors (Lipinski definition) is 0. The Labute approximate surface area is 95.4 Å². The first kappa shape index (κ1) is 11.3.